The Morgan fingerprint density at radius 1 is 1.38 bits per heavy atom. The van der Waals surface area contributed by atoms with Crippen LogP contribution in [0.15, 0.2) is 24.8 Å². The minimum absolute atomic E-state index is 0.339. The van der Waals surface area contributed by atoms with E-state index in [2.05, 4.69) is 6.58 Å². The Bertz CT molecular complexity index is 424. The predicted molar refractivity (Wildman–Crippen MR) is 61.6 cm³/mol. The van der Waals surface area contributed by atoms with Crippen molar-refractivity contribution in [1.29, 1.82) is 0 Å². The molecule has 0 aliphatic carbocycles. The van der Waals surface area contributed by atoms with Crippen molar-refractivity contribution in [1.82, 2.24) is 4.90 Å². The van der Waals surface area contributed by atoms with E-state index < -0.39 is 6.09 Å². The molecule has 0 N–H and O–H groups in total. The molecule has 4 nitrogen and oxygen atoms in total. The first-order valence-electron chi connectivity index (χ1n) is 4.69. The minimum Gasteiger partial charge on any atom is -0.410 e. The van der Waals surface area contributed by atoms with Crippen molar-refractivity contribution in [3.8, 4) is 5.75 Å². The van der Waals surface area contributed by atoms with Gasteiger partial charge in [-0.1, -0.05) is 18.7 Å². The topological polar surface area (TPSA) is 46.6 Å². The fraction of sp³-hybridized carbons (Fsp3) is 0.167. The van der Waals surface area contributed by atoms with Crippen molar-refractivity contribution in [3.63, 3.8) is 0 Å². The van der Waals surface area contributed by atoms with Crippen molar-refractivity contribution in [2.24, 2.45) is 0 Å². The lowest BCUT2D eigenvalue weighted by molar-refractivity contribution is 0.112. The molecule has 0 saturated heterocycles. The van der Waals surface area contributed by atoms with Crippen LogP contribution in [-0.4, -0.2) is 31.4 Å². The molecule has 0 aromatic heterocycles. The van der Waals surface area contributed by atoms with Crippen molar-refractivity contribution in [3.05, 3.63) is 35.9 Å². The van der Waals surface area contributed by atoms with Crippen LogP contribution in [0.4, 0.5) is 4.79 Å². The Labute approximate surface area is 94.1 Å². The van der Waals surface area contributed by atoms with Gasteiger partial charge in [-0.3, -0.25) is 4.79 Å². The second-order valence-electron chi connectivity index (χ2n) is 3.38. The van der Waals surface area contributed by atoms with Gasteiger partial charge in [-0.15, -0.1) is 0 Å². The van der Waals surface area contributed by atoms with Gasteiger partial charge in [-0.2, -0.15) is 0 Å². The third-order valence-corrected chi connectivity index (χ3v) is 1.98. The molecule has 0 bridgehead atoms. The second-order valence-corrected chi connectivity index (χ2v) is 3.38. The van der Waals surface area contributed by atoms with Crippen LogP contribution >= 0.6 is 0 Å². The molecule has 0 fully saturated rings. The lowest BCUT2D eigenvalue weighted by atomic mass is 10.1. The first kappa shape index (κ1) is 12.0. The van der Waals surface area contributed by atoms with Gasteiger partial charge in [0.2, 0.25) is 0 Å². The zero-order valence-electron chi connectivity index (χ0n) is 9.27. The summed E-state index contributed by atoms with van der Waals surface area (Å²) in [6.45, 7) is 3.58. The molecule has 1 aromatic carbocycles. The summed E-state index contributed by atoms with van der Waals surface area (Å²) in [5, 5.41) is 0. The van der Waals surface area contributed by atoms with E-state index in [9.17, 15) is 9.59 Å². The summed E-state index contributed by atoms with van der Waals surface area (Å²) in [4.78, 5) is 23.3. The van der Waals surface area contributed by atoms with Gasteiger partial charge in [-0.25, -0.2) is 4.79 Å². The van der Waals surface area contributed by atoms with E-state index in [0.29, 0.717) is 23.2 Å². The lowest BCUT2D eigenvalue weighted by Gasteiger charge is -2.11. The normalized spacial score (nSPS) is 9.38. The van der Waals surface area contributed by atoms with Crippen LogP contribution in [0.25, 0.3) is 6.08 Å². The smallest absolute Gasteiger partial charge is 0.410 e. The van der Waals surface area contributed by atoms with Gasteiger partial charge in [-0.05, 0) is 17.7 Å². The number of ether oxygens (including phenoxy) is 1. The standard InChI is InChI=1S/C12H13NO3/c1-4-9-5-6-11(7-10(9)8-14)16-12(15)13(2)3/h4-8H,1H2,2-3H3. The Morgan fingerprint density at radius 3 is 2.56 bits per heavy atom. The molecule has 0 spiro atoms. The molecule has 16 heavy (non-hydrogen) atoms. The first-order valence-corrected chi connectivity index (χ1v) is 4.69. The number of aldehydes is 1. The largest absolute Gasteiger partial charge is 0.414 e. The molecular weight excluding hydrogens is 206 g/mol. The van der Waals surface area contributed by atoms with E-state index in [4.69, 9.17) is 4.74 Å². The summed E-state index contributed by atoms with van der Waals surface area (Å²) in [6.07, 6.45) is 1.79. The Kier molecular flexibility index (Phi) is 3.83. The van der Waals surface area contributed by atoms with Gasteiger partial charge in [0.15, 0.2) is 6.29 Å². The van der Waals surface area contributed by atoms with Gasteiger partial charge in [0.05, 0.1) is 0 Å². The number of rotatable bonds is 3. The molecule has 0 aliphatic heterocycles. The summed E-state index contributed by atoms with van der Waals surface area (Å²) in [5.41, 5.74) is 1.15. The minimum atomic E-state index is -0.483. The Hall–Kier alpha value is -2.10. The van der Waals surface area contributed by atoms with Crippen LogP contribution in [0, 0.1) is 0 Å². The number of amides is 1. The van der Waals surface area contributed by atoms with E-state index in [1.54, 1.807) is 32.3 Å². The molecule has 0 radical (unpaired) electrons. The summed E-state index contributed by atoms with van der Waals surface area (Å²) < 4.78 is 5.01. The highest BCUT2D eigenvalue weighted by Crippen LogP contribution is 2.18. The zero-order chi connectivity index (χ0) is 12.1. The molecule has 1 rings (SSSR count). The van der Waals surface area contributed by atoms with Crippen molar-refractivity contribution >= 4 is 18.5 Å². The highest BCUT2D eigenvalue weighted by atomic mass is 16.6. The van der Waals surface area contributed by atoms with Crippen LogP contribution in [0.1, 0.15) is 15.9 Å². The molecular formula is C12H13NO3. The molecule has 1 aromatic rings. The van der Waals surface area contributed by atoms with E-state index in [1.165, 1.54) is 11.0 Å². The van der Waals surface area contributed by atoms with Crippen molar-refractivity contribution < 1.29 is 14.3 Å². The highest BCUT2D eigenvalue weighted by molar-refractivity contribution is 5.83. The van der Waals surface area contributed by atoms with Crippen LogP contribution in [0.2, 0.25) is 0 Å². The molecule has 0 aliphatic rings. The van der Waals surface area contributed by atoms with Crippen molar-refractivity contribution in [2.45, 2.75) is 0 Å². The number of carbonyl (C=O) groups is 2. The average molecular weight is 219 g/mol. The van der Waals surface area contributed by atoms with E-state index in [1.807, 2.05) is 0 Å². The van der Waals surface area contributed by atoms with Crippen LogP contribution < -0.4 is 4.74 Å². The monoisotopic (exact) mass is 219 g/mol. The molecule has 84 valence electrons. The Balaban J connectivity index is 2.95. The zero-order valence-corrected chi connectivity index (χ0v) is 9.27. The number of nitrogens with zero attached hydrogens (tertiary/aromatic N) is 1. The molecule has 0 atom stereocenters. The highest BCUT2D eigenvalue weighted by Gasteiger charge is 2.08. The molecule has 4 heteroatoms. The maximum absolute atomic E-state index is 11.3. The van der Waals surface area contributed by atoms with Gasteiger partial charge < -0.3 is 9.64 Å². The van der Waals surface area contributed by atoms with Gasteiger partial charge in [0.1, 0.15) is 5.75 Å². The third kappa shape index (κ3) is 2.70. The molecule has 0 unspecified atom stereocenters. The second kappa shape index (κ2) is 5.11. The van der Waals surface area contributed by atoms with E-state index >= 15 is 0 Å². The van der Waals surface area contributed by atoms with Crippen molar-refractivity contribution in [2.75, 3.05) is 14.1 Å². The Morgan fingerprint density at radius 2 is 2.06 bits per heavy atom. The van der Waals surface area contributed by atoms with Crippen LogP contribution in [-0.2, 0) is 0 Å². The average Bonchev–Trinajstić information content (AvgIpc) is 2.28. The summed E-state index contributed by atoms with van der Waals surface area (Å²) in [6, 6.07) is 4.80. The fourth-order valence-electron chi connectivity index (χ4n) is 1.10. The molecule has 0 heterocycles. The van der Waals surface area contributed by atoms with Gasteiger partial charge in [0, 0.05) is 19.7 Å². The summed E-state index contributed by atoms with van der Waals surface area (Å²) >= 11 is 0. The third-order valence-electron chi connectivity index (χ3n) is 1.98. The van der Waals surface area contributed by atoms with Gasteiger partial charge >= 0.3 is 6.09 Å². The maximum Gasteiger partial charge on any atom is 0.414 e. The molecule has 1 amide bonds. The van der Waals surface area contributed by atoms with E-state index in [-0.39, 0.29) is 0 Å². The first-order chi connectivity index (χ1) is 7.58. The van der Waals surface area contributed by atoms with Crippen LogP contribution in [0.3, 0.4) is 0 Å². The summed E-state index contributed by atoms with van der Waals surface area (Å²) in [7, 11) is 3.17. The number of hydrogen-bond acceptors (Lipinski definition) is 3. The number of carbonyl (C=O) groups excluding carboxylic acids is 2. The molecule has 0 saturated carbocycles. The van der Waals surface area contributed by atoms with Gasteiger partial charge in [0.25, 0.3) is 0 Å². The number of benzene rings is 1. The quantitative estimate of drug-likeness (QED) is 0.732. The SMILES string of the molecule is C=Cc1ccc(OC(=O)N(C)C)cc1C=O. The maximum atomic E-state index is 11.3. The van der Waals surface area contributed by atoms with E-state index in [0.717, 1.165) is 0 Å². The fourth-order valence-corrected chi connectivity index (χ4v) is 1.10. The predicted octanol–water partition coefficient (Wildman–Crippen LogP) is 2.20. The summed E-state index contributed by atoms with van der Waals surface area (Å²) in [5.74, 6) is 0.339. The number of hydrogen-bond donors (Lipinski definition) is 0. The lowest BCUT2D eigenvalue weighted by Crippen LogP contribution is -2.25. The van der Waals surface area contributed by atoms with Crippen LogP contribution in [0.5, 0.6) is 5.75 Å².